The molecule has 2 atom stereocenters. The van der Waals surface area contributed by atoms with Crippen molar-refractivity contribution in [3.63, 3.8) is 0 Å². The number of nitro groups is 1. The number of rotatable bonds is 3. The molecule has 0 unspecified atom stereocenters. The molecule has 128 valence electrons. The van der Waals surface area contributed by atoms with E-state index in [4.69, 9.17) is 0 Å². The maximum atomic E-state index is 13.9. The van der Waals surface area contributed by atoms with E-state index in [1.165, 1.54) is 7.05 Å². The van der Waals surface area contributed by atoms with Gasteiger partial charge in [-0.2, -0.15) is 26.9 Å². The molecule has 0 spiro atoms. The molecule has 0 bridgehead atoms. The third-order valence-corrected chi connectivity index (χ3v) is 3.85. The largest absolute Gasteiger partial charge is 0.392 e. The summed E-state index contributed by atoms with van der Waals surface area (Å²) in [6.45, 7) is 0. The Balaban J connectivity index is 2.18. The summed E-state index contributed by atoms with van der Waals surface area (Å²) in [4.78, 5) is 21.8. The Kier molecular flexibility index (Phi) is 3.42. The molecule has 2 aromatic rings. The SMILES string of the molecule is Cn1nnn(-c2cc([N+](=O)[O-])c(F)cc2[C@@H]2C[C@H]2C(F)(F)F)c1=O. The number of aromatic nitrogens is 4. The Morgan fingerprint density at radius 3 is 2.46 bits per heavy atom. The second-order valence-electron chi connectivity index (χ2n) is 5.41. The monoisotopic (exact) mass is 347 g/mol. The zero-order chi connectivity index (χ0) is 17.8. The number of hydrogen-bond donors (Lipinski definition) is 0. The lowest BCUT2D eigenvalue weighted by molar-refractivity contribution is -0.387. The molecular weight excluding hydrogens is 338 g/mol. The summed E-state index contributed by atoms with van der Waals surface area (Å²) in [5.41, 5.74) is -2.22. The number of hydrogen-bond acceptors (Lipinski definition) is 5. The Labute approximate surface area is 130 Å². The van der Waals surface area contributed by atoms with Crippen LogP contribution in [0.5, 0.6) is 0 Å². The van der Waals surface area contributed by atoms with Crippen molar-refractivity contribution in [1.29, 1.82) is 0 Å². The van der Waals surface area contributed by atoms with Crippen LogP contribution in [0.15, 0.2) is 16.9 Å². The van der Waals surface area contributed by atoms with E-state index in [2.05, 4.69) is 10.4 Å². The van der Waals surface area contributed by atoms with Gasteiger partial charge < -0.3 is 0 Å². The minimum absolute atomic E-state index is 0.164. The van der Waals surface area contributed by atoms with Gasteiger partial charge in [-0.3, -0.25) is 10.1 Å². The van der Waals surface area contributed by atoms with E-state index in [0.29, 0.717) is 16.8 Å². The predicted molar refractivity (Wildman–Crippen MR) is 70.1 cm³/mol. The number of halogens is 4. The first-order valence-electron chi connectivity index (χ1n) is 6.65. The highest BCUT2D eigenvalue weighted by atomic mass is 19.4. The first-order chi connectivity index (χ1) is 11.1. The molecule has 3 rings (SSSR count). The number of nitrogens with zero attached hydrogens (tertiary/aromatic N) is 5. The minimum atomic E-state index is -4.48. The van der Waals surface area contributed by atoms with Gasteiger partial charge in [-0.05, 0) is 34.4 Å². The number of alkyl halides is 3. The van der Waals surface area contributed by atoms with E-state index in [1.807, 2.05) is 0 Å². The summed E-state index contributed by atoms with van der Waals surface area (Å²) in [5.74, 6) is -4.06. The van der Waals surface area contributed by atoms with Crippen molar-refractivity contribution in [3.05, 3.63) is 44.1 Å². The van der Waals surface area contributed by atoms with Gasteiger partial charge in [-0.15, -0.1) is 0 Å². The Hall–Kier alpha value is -2.79. The number of aryl methyl sites for hydroxylation is 1. The van der Waals surface area contributed by atoms with Gasteiger partial charge in [0.2, 0.25) is 5.82 Å². The third-order valence-electron chi connectivity index (χ3n) is 3.85. The van der Waals surface area contributed by atoms with Gasteiger partial charge in [0, 0.05) is 13.1 Å². The summed E-state index contributed by atoms with van der Waals surface area (Å²) in [7, 11) is 1.25. The zero-order valence-electron chi connectivity index (χ0n) is 12.0. The van der Waals surface area contributed by atoms with Crippen LogP contribution in [-0.4, -0.2) is 30.9 Å². The molecule has 1 heterocycles. The van der Waals surface area contributed by atoms with E-state index in [9.17, 15) is 32.5 Å². The second-order valence-corrected chi connectivity index (χ2v) is 5.41. The molecule has 0 N–H and O–H groups in total. The maximum Gasteiger partial charge on any atom is 0.392 e. The molecule has 12 heteroatoms. The van der Waals surface area contributed by atoms with Crippen LogP contribution >= 0.6 is 0 Å². The molecule has 1 saturated carbocycles. The van der Waals surface area contributed by atoms with E-state index >= 15 is 0 Å². The van der Waals surface area contributed by atoms with Gasteiger partial charge >= 0.3 is 17.6 Å². The van der Waals surface area contributed by atoms with Gasteiger partial charge in [-0.1, -0.05) is 0 Å². The Morgan fingerprint density at radius 2 is 2.00 bits per heavy atom. The maximum absolute atomic E-state index is 13.9. The van der Waals surface area contributed by atoms with Crippen LogP contribution in [-0.2, 0) is 7.05 Å². The molecule has 0 radical (unpaired) electrons. The van der Waals surface area contributed by atoms with Gasteiger partial charge in [0.1, 0.15) is 0 Å². The quantitative estimate of drug-likeness (QED) is 0.478. The summed E-state index contributed by atoms with van der Waals surface area (Å²) < 4.78 is 53.7. The molecule has 1 aromatic carbocycles. The fraction of sp³-hybridized carbons (Fsp3) is 0.417. The molecule has 0 saturated heterocycles. The van der Waals surface area contributed by atoms with Crippen LogP contribution in [0.3, 0.4) is 0 Å². The first-order valence-corrected chi connectivity index (χ1v) is 6.65. The normalized spacial score (nSPS) is 20.2. The summed E-state index contributed by atoms with van der Waals surface area (Å²) in [6, 6.07) is 1.36. The minimum Gasteiger partial charge on any atom is -0.258 e. The second kappa shape index (κ2) is 5.11. The highest BCUT2D eigenvalue weighted by molar-refractivity contribution is 5.53. The smallest absolute Gasteiger partial charge is 0.258 e. The van der Waals surface area contributed by atoms with E-state index < -0.39 is 40.1 Å². The number of benzene rings is 1. The van der Waals surface area contributed by atoms with Crippen LogP contribution in [0.25, 0.3) is 5.69 Å². The van der Waals surface area contributed by atoms with Crippen LogP contribution < -0.4 is 5.69 Å². The standard InChI is InChI=1S/C12H9F4N5O3/c1-19-11(22)20(18-17-19)9-4-10(21(23)24)8(13)3-6(9)5-2-7(5)12(14,15)16/h3-5,7H,2H2,1H3/t5-,7+/m0/s1. The highest BCUT2D eigenvalue weighted by Gasteiger charge is 2.57. The van der Waals surface area contributed by atoms with E-state index in [-0.39, 0.29) is 17.7 Å². The van der Waals surface area contributed by atoms with Crippen LogP contribution in [0, 0.1) is 21.8 Å². The molecule has 8 nitrogen and oxygen atoms in total. The lowest BCUT2D eigenvalue weighted by Crippen LogP contribution is -2.23. The topological polar surface area (TPSA) is 95.8 Å². The van der Waals surface area contributed by atoms with Crippen molar-refractivity contribution in [2.24, 2.45) is 13.0 Å². The summed E-state index contributed by atoms with van der Waals surface area (Å²) >= 11 is 0. The Morgan fingerprint density at radius 1 is 1.33 bits per heavy atom. The summed E-state index contributed by atoms with van der Waals surface area (Å²) in [6.07, 6.45) is -4.77. The van der Waals surface area contributed by atoms with Crippen LogP contribution in [0.4, 0.5) is 23.2 Å². The lowest BCUT2D eigenvalue weighted by Gasteiger charge is -2.10. The third kappa shape index (κ3) is 2.53. The van der Waals surface area contributed by atoms with E-state index in [1.54, 1.807) is 0 Å². The van der Waals surface area contributed by atoms with E-state index in [0.717, 1.165) is 4.68 Å². The van der Waals surface area contributed by atoms with Gasteiger partial charge in [0.15, 0.2) is 0 Å². The average Bonchev–Trinajstić information content (AvgIpc) is 3.22. The van der Waals surface area contributed by atoms with Gasteiger partial charge in [0.25, 0.3) is 0 Å². The number of tetrazole rings is 1. The fourth-order valence-electron chi connectivity index (χ4n) is 2.55. The molecular formula is C12H9F4N5O3. The molecule has 0 aliphatic heterocycles. The van der Waals surface area contributed by atoms with Crippen molar-refractivity contribution in [2.45, 2.75) is 18.5 Å². The summed E-state index contributed by atoms with van der Waals surface area (Å²) in [5, 5.41) is 17.7. The molecule has 0 amide bonds. The van der Waals surface area contributed by atoms with Crippen LogP contribution in [0.1, 0.15) is 17.9 Å². The molecule has 1 aliphatic rings. The van der Waals surface area contributed by atoms with Crippen molar-refractivity contribution in [1.82, 2.24) is 19.8 Å². The van der Waals surface area contributed by atoms with Gasteiger partial charge in [-0.25, -0.2) is 4.79 Å². The molecule has 24 heavy (non-hydrogen) atoms. The molecule has 1 aliphatic carbocycles. The predicted octanol–water partition coefficient (Wildman–Crippen LogP) is 1.68. The highest BCUT2D eigenvalue weighted by Crippen LogP contribution is 2.57. The molecule has 1 aromatic heterocycles. The van der Waals surface area contributed by atoms with Crippen molar-refractivity contribution in [3.8, 4) is 5.69 Å². The Bertz CT molecular complexity index is 888. The lowest BCUT2D eigenvalue weighted by atomic mass is 10.0. The molecule has 1 fully saturated rings. The zero-order valence-corrected chi connectivity index (χ0v) is 12.0. The first kappa shape index (κ1) is 16.1. The van der Waals surface area contributed by atoms with Crippen molar-refractivity contribution < 1.29 is 22.5 Å². The number of nitro benzene ring substituents is 1. The van der Waals surface area contributed by atoms with Crippen molar-refractivity contribution >= 4 is 5.69 Å². The van der Waals surface area contributed by atoms with Crippen LogP contribution in [0.2, 0.25) is 0 Å². The average molecular weight is 347 g/mol. The van der Waals surface area contributed by atoms with Gasteiger partial charge in [0.05, 0.1) is 16.5 Å². The van der Waals surface area contributed by atoms with Crippen molar-refractivity contribution in [2.75, 3.05) is 0 Å². The fourth-order valence-corrected chi connectivity index (χ4v) is 2.55.